The number of hydrogen-bond donors (Lipinski definition) is 2. The molecule has 0 aliphatic rings. The molecule has 0 radical (unpaired) electrons. The van der Waals surface area contributed by atoms with E-state index in [1.807, 2.05) is 24.3 Å². The Kier molecular flexibility index (Phi) is 7.89. The second-order valence-electron chi connectivity index (χ2n) is 4.24. The van der Waals surface area contributed by atoms with Crippen LogP contribution in [0.2, 0.25) is 0 Å². The van der Waals surface area contributed by atoms with E-state index in [1.54, 1.807) is 19.0 Å². The summed E-state index contributed by atoms with van der Waals surface area (Å²) in [6, 6.07) is 7.81. The Bertz CT molecular complexity index is 543. The number of nitrogens with zero attached hydrogens (tertiary/aromatic N) is 1. The number of anilines is 1. The van der Waals surface area contributed by atoms with E-state index in [2.05, 4.69) is 23.6 Å². The minimum absolute atomic E-state index is 0.111. The first-order valence-electron chi connectivity index (χ1n) is 5.99. The van der Waals surface area contributed by atoms with E-state index in [-0.39, 0.29) is 6.03 Å². The van der Waals surface area contributed by atoms with Crippen LogP contribution in [0.25, 0.3) is 0 Å². The highest BCUT2D eigenvalue weighted by molar-refractivity contribution is 7.80. The predicted octanol–water partition coefficient (Wildman–Crippen LogP) is -0.669. The fraction of sp³-hybridized carbons (Fsp3) is 0.417. The smallest absolute Gasteiger partial charge is 0.321 e. The summed E-state index contributed by atoms with van der Waals surface area (Å²) in [5, 5.41) is 2.58. The van der Waals surface area contributed by atoms with Gasteiger partial charge in [0, 0.05) is 31.9 Å². The molecule has 21 heavy (non-hydrogen) atoms. The Balaban J connectivity index is 0.000000567. The van der Waals surface area contributed by atoms with Gasteiger partial charge in [0.05, 0.1) is 21.2 Å². The van der Waals surface area contributed by atoms with Crippen molar-refractivity contribution in [3.8, 4) is 0 Å². The Morgan fingerprint density at radius 3 is 2.00 bits per heavy atom. The summed E-state index contributed by atoms with van der Waals surface area (Å²) in [4.78, 5) is 14.2. The van der Waals surface area contributed by atoms with Crippen molar-refractivity contribution in [2.75, 3.05) is 40.2 Å². The second-order valence-corrected chi connectivity index (χ2v) is 5.39. The van der Waals surface area contributed by atoms with Gasteiger partial charge in [0.15, 0.2) is 0 Å². The number of amides is 2. The maximum absolute atomic E-state index is 11.3. The van der Waals surface area contributed by atoms with Crippen LogP contribution in [0.15, 0.2) is 24.3 Å². The molecule has 0 spiro atoms. The van der Waals surface area contributed by atoms with Crippen molar-refractivity contribution in [1.82, 2.24) is 5.32 Å². The van der Waals surface area contributed by atoms with Gasteiger partial charge in [-0.25, -0.2) is 13.2 Å². The van der Waals surface area contributed by atoms with Gasteiger partial charge in [0.1, 0.15) is 5.69 Å². The molecule has 1 aromatic rings. The summed E-state index contributed by atoms with van der Waals surface area (Å²) in [6.07, 6.45) is 0. The lowest BCUT2D eigenvalue weighted by Gasteiger charge is -2.17. The summed E-state index contributed by atoms with van der Waals surface area (Å²) in [5.41, 5.74) is 2.09. The number of quaternary nitrogens is 1. The molecule has 0 atom stereocenters. The number of nitrogens with one attached hydrogen (secondary N) is 2. The zero-order valence-corrected chi connectivity index (χ0v) is 13.5. The van der Waals surface area contributed by atoms with Crippen molar-refractivity contribution in [3.05, 3.63) is 24.3 Å². The molecule has 0 saturated carbocycles. The fourth-order valence-corrected chi connectivity index (χ4v) is 1.30. The van der Waals surface area contributed by atoms with Gasteiger partial charge in [-0.3, -0.25) is 9.08 Å². The van der Waals surface area contributed by atoms with Crippen LogP contribution in [0.5, 0.6) is 0 Å². The van der Waals surface area contributed by atoms with Crippen LogP contribution < -0.4 is 15.1 Å². The predicted molar refractivity (Wildman–Crippen MR) is 78.5 cm³/mol. The highest BCUT2D eigenvalue weighted by Gasteiger charge is 2.08. The normalized spacial score (nSPS) is 10.6. The highest BCUT2D eigenvalue weighted by atomic mass is 32.3. The molecule has 0 aromatic heterocycles. The van der Waals surface area contributed by atoms with Crippen molar-refractivity contribution in [3.63, 3.8) is 0 Å². The number of carbonyl (C=O) groups excluding carboxylic acids is 1. The Labute approximate surface area is 125 Å². The maximum atomic E-state index is 11.3. The van der Waals surface area contributed by atoms with Gasteiger partial charge in [-0.1, -0.05) is 0 Å². The van der Waals surface area contributed by atoms with Gasteiger partial charge in [0.25, 0.3) is 0 Å². The minimum Gasteiger partial charge on any atom is -0.726 e. The van der Waals surface area contributed by atoms with Gasteiger partial charge in [-0.05, 0) is 12.1 Å². The third-order valence-corrected chi connectivity index (χ3v) is 2.96. The molecular weight excluding hydrogens is 298 g/mol. The van der Waals surface area contributed by atoms with Crippen molar-refractivity contribution in [2.24, 2.45) is 0 Å². The molecule has 2 N–H and O–H groups in total. The third kappa shape index (κ3) is 7.61. The number of benzene rings is 1. The quantitative estimate of drug-likeness (QED) is 0.568. The number of hydrogen-bond acceptors (Lipinski definition) is 5. The van der Waals surface area contributed by atoms with Gasteiger partial charge < -0.3 is 14.8 Å². The van der Waals surface area contributed by atoms with Crippen molar-refractivity contribution in [1.29, 1.82) is 0 Å². The molecule has 8 nitrogen and oxygen atoms in total. The molecule has 2 amide bonds. The summed E-state index contributed by atoms with van der Waals surface area (Å²) in [6.45, 7) is 0. The SMILES string of the molecule is CNC(=O)N(C)c1ccc([NH+](C)C)cc1.COS(=O)(=O)[O-]. The molecule has 0 fully saturated rings. The van der Waals surface area contributed by atoms with Gasteiger partial charge in [0.2, 0.25) is 10.4 Å². The first kappa shape index (κ1) is 19.3. The number of rotatable bonds is 3. The monoisotopic (exact) mass is 319 g/mol. The summed E-state index contributed by atoms with van der Waals surface area (Å²) in [5.74, 6) is 0. The summed E-state index contributed by atoms with van der Waals surface area (Å²) < 4.78 is 31.0. The van der Waals surface area contributed by atoms with Gasteiger partial charge in [-0.15, -0.1) is 0 Å². The molecule has 1 aromatic carbocycles. The van der Waals surface area contributed by atoms with E-state index in [0.717, 1.165) is 12.8 Å². The van der Waals surface area contributed by atoms with Crippen LogP contribution in [0.3, 0.4) is 0 Å². The minimum atomic E-state index is -4.41. The molecule has 0 bridgehead atoms. The average molecular weight is 319 g/mol. The lowest BCUT2D eigenvalue weighted by Crippen LogP contribution is -3.00. The lowest BCUT2D eigenvalue weighted by molar-refractivity contribution is -0.786. The molecular formula is C12H21N3O5S. The molecule has 0 aliphatic heterocycles. The second kappa shape index (κ2) is 8.57. The topological polar surface area (TPSA) is 103 Å². The Morgan fingerprint density at radius 1 is 1.29 bits per heavy atom. The lowest BCUT2D eigenvalue weighted by atomic mass is 10.2. The molecule has 0 unspecified atom stereocenters. The van der Waals surface area contributed by atoms with E-state index in [0.29, 0.717) is 0 Å². The standard InChI is InChI=1S/C11H17N3O.CH4O4S/c1-12-11(15)14(4)10-7-5-9(6-8-10)13(2)3;1-5-6(2,3)4/h5-8H,1-4H3,(H,12,15);1H3,(H,2,3,4). The third-order valence-electron chi connectivity index (χ3n) is 2.55. The molecule has 0 heterocycles. The molecule has 120 valence electrons. The van der Waals surface area contributed by atoms with Gasteiger partial charge >= 0.3 is 6.03 Å². The van der Waals surface area contributed by atoms with E-state index in [9.17, 15) is 17.8 Å². The van der Waals surface area contributed by atoms with Crippen LogP contribution in [-0.2, 0) is 14.6 Å². The van der Waals surface area contributed by atoms with Crippen molar-refractivity contribution in [2.45, 2.75) is 0 Å². The fourth-order valence-electron chi connectivity index (χ4n) is 1.30. The zero-order chi connectivity index (χ0) is 16.6. The largest absolute Gasteiger partial charge is 0.726 e. The van der Waals surface area contributed by atoms with Crippen LogP contribution in [-0.4, -0.2) is 54.3 Å². The highest BCUT2D eigenvalue weighted by Crippen LogP contribution is 2.14. The van der Waals surface area contributed by atoms with E-state index >= 15 is 0 Å². The Morgan fingerprint density at radius 2 is 1.71 bits per heavy atom. The first-order chi connectivity index (χ1) is 9.62. The van der Waals surface area contributed by atoms with Crippen molar-refractivity contribution < 1.29 is 26.8 Å². The van der Waals surface area contributed by atoms with E-state index in [1.165, 1.54) is 10.6 Å². The molecule has 1 rings (SSSR count). The summed E-state index contributed by atoms with van der Waals surface area (Å²) in [7, 11) is 3.90. The van der Waals surface area contributed by atoms with Crippen LogP contribution in [0.4, 0.5) is 16.2 Å². The Hall–Kier alpha value is -1.68. The molecule has 0 saturated heterocycles. The van der Waals surface area contributed by atoms with Crippen LogP contribution in [0, 0.1) is 0 Å². The van der Waals surface area contributed by atoms with E-state index < -0.39 is 10.4 Å². The summed E-state index contributed by atoms with van der Waals surface area (Å²) >= 11 is 0. The number of carbonyl (C=O) groups is 1. The maximum Gasteiger partial charge on any atom is 0.321 e. The number of urea groups is 1. The van der Waals surface area contributed by atoms with Crippen LogP contribution >= 0.6 is 0 Å². The van der Waals surface area contributed by atoms with E-state index in [4.69, 9.17) is 0 Å². The first-order valence-corrected chi connectivity index (χ1v) is 7.33. The van der Waals surface area contributed by atoms with Crippen LogP contribution in [0.1, 0.15) is 0 Å². The molecule has 9 heteroatoms. The molecule has 0 aliphatic carbocycles. The van der Waals surface area contributed by atoms with Crippen molar-refractivity contribution >= 4 is 27.8 Å². The average Bonchev–Trinajstić information content (AvgIpc) is 2.45. The van der Waals surface area contributed by atoms with Gasteiger partial charge in [-0.2, -0.15) is 0 Å². The zero-order valence-electron chi connectivity index (χ0n) is 12.7.